The predicted molar refractivity (Wildman–Crippen MR) is 133 cm³/mol. The molecule has 0 radical (unpaired) electrons. The van der Waals surface area contributed by atoms with Crippen LogP contribution in [0.3, 0.4) is 0 Å². The summed E-state index contributed by atoms with van der Waals surface area (Å²) in [6.45, 7) is 11.7. The number of primary amides is 1. The summed E-state index contributed by atoms with van der Waals surface area (Å²) in [5.74, 6) is -2.96. The van der Waals surface area contributed by atoms with Crippen molar-refractivity contribution in [2.24, 2.45) is 5.73 Å². The van der Waals surface area contributed by atoms with Crippen LogP contribution >= 0.6 is 0 Å². The molecule has 0 saturated carbocycles. The lowest BCUT2D eigenvalue weighted by molar-refractivity contribution is -0.144. The zero-order valence-electron chi connectivity index (χ0n) is 21.7. The lowest BCUT2D eigenvalue weighted by Crippen LogP contribution is -2.54. The summed E-state index contributed by atoms with van der Waals surface area (Å²) in [5.41, 5.74) is 6.60. The number of nitrogens with zero attached hydrogens (tertiary/aromatic N) is 1. The quantitative estimate of drug-likeness (QED) is 0.304. The Hall–Kier alpha value is -3.89. The van der Waals surface area contributed by atoms with Crippen LogP contribution in [0, 0.1) is 13.8 Å². The largest absolute Gasteiger partial charge is 0.468 e. The number of esters is 1. The molecule has 198 valence electrons. The van der Waals surface area contributed by atoms with Crippen LogP contribution in [0.5, 0.6) is 0 Å². The van der Waals surface area contributed by atoms with E-state index in [0.717, 1.165) is 10.5 Å². The Morgan fingerprint density at radius 2 is 1.81 bits per heavy atom. The number of amides is 4. The molecule has 2 unspecified atom stereocenters. The van der Waals surface area contributed by atoms with Gasteiger partial charge in [0.25, 0.3) is 0 Å². The maximum absolute atomic E-state index is 13.7. The van der Waals surface area contributed by atoms with Crippen molar-refractivity contribution >= 4 is 29.8 Å². The van der Waals surface area contributed by atoms with Gasteiger partial charge in [0.1, 0.15) is 24.2 Å². The van der Waals surface area contributed by atoms with E-state index in [2.05, 4.69) is 21.9 Å². The van der Waals surface area contributed by atoms with Crippen LogP contribution in [0.15, 0.2) is 30.9 Å². The number of nitrogens with one attached hydrogen (secondary N) is 2. The molecule has 0 heterocycles. The van der Waals surface area contributed by atoms with Gasteiger partial charge < -0.3 is 30.7 Å². The molecular weight excluding hydrogens is 468 g/mol. The highest BCUT2D eigenvalue weighted by atomic mass is 16.6. The van der Waals surface area contributed by atoms with Crippen LogP contribution in [-0.2, 0) is 28.7 Å². The number of aryl methyl sites for hydroxylation is 2. The highest BCUT2D eigenvalue weighted by Gasteiger charge is 2.37. The Labute approximate surface area is 211 Å². The van der Waals surface area contributed by atoms with E-state index in [0.29, 0.717) is 11.1 Å². The summed E-state index contributed by atoms with van der Waals surface area (Å²) in [4.78, 5) is 64.0. The predicted octanol–water partition coefficient (Wildman–Crippen LogP) is 1.42. The van der Waals surface area contributed by atoms with Crippen LogP contribution in [-0.4, -0.2) is 66.5 Å². The normalized spacial score (nSPS) is 12.5. The third kappa shape index (κ3) is 9.40. The van der Waals surface area contributed by atoms with E-state index in [9.17, 15) is 24.0 Å². The number of methoxy groups -OCH3 is 1. The second-order valence-corrected chi connectivity index (χ2v) is 9.21. The number of hydrogen-bond donors (Lipinski definition) is 3. The van der Waals surface area contributed by atoms with Gasteiger partial charge >= 0.3 is 12.1 Å². The first kappa shape index (κ1) is 30.1. The fraction of sp³-hybridized carbons (Fsp3) is 0.480. The van der Waals surface area contributed by atoms with Crippen molar-refractivity contribution in [1.29, 1.82) is 0 Å². The molecule has 4 amide bonds. The highest BCUT2D eigenvalue weighted by Crippen LogP contribution is 2.26. The van der Waals surface area contributed by atoms with Gasteiger partial charge in [-0.3, -0.25) is 19.2 Å². The number of carbonyl (C=O) groups excluding carboxylic acids is 5. The van der Waals surface area contributed by atoms with Gasteiger partial charge in [-0.1, -0.05) is 29.8 Å². The molecule has 0 aliphatic rings. The van der Waals surface area contributed by atoms with Crippen molar-refractivity contribution in [1.82, 2.24) is 15.5 Å². The fourth-order valence-corrected chi connectivity index (χ4v) is 3.42. The maximum atomic E-state index is 13.7. The molecule has 0 aliphatic heterocycles. The molecule has 0 bridgehead atoms. The van der Waals surface area contributed by atoms with E-state index in [4.69, 9.17) is 10.5 Å². The van der Waals surface area contributed by atoms with Gasteiger partial charge in [-0.05, 0) is 45.7 Å². The van der Waals surface area contributed by atoms with E-state index >= 15 is 0 Å². The summed E-state index contributed by atoms with van der Waals surface area (Å²) in [6, 6.07) is 2.67. The number of hydrogen-bond acceptors (Lipinski definition) is 7. The van der Waals surface area contributed by atoms with Crippen LogP contribution in [0.1, 0.15) is 49.9 Å². The van der Waals surface area contributed by atoms with Crippen LogP contribution < -0.4 is 16.4 Å². The molecule has 0 aliphatic carbocycles. The molecular formula is C25H36N4O7. The molecule has 0 spiro atoms. The average Bonchev–Trinajstić information content (AvgIpc) is 2.75. The molecule has 1 aromatic carbocycles. The first-order valence-electron chi connectivity index (χ1n) is 11.3. The molecule has 1 aromatic rings. The number of nitrogens with two attached hydrogens (primary N) is 1. The van der Waals surface area contributed by atoms with Crippen LogP contribution in [0.2, 0.25) is 0 Å². The number of rotatable bonds is 11. The number of alkyl carbamates (subject to hydrolysis) is 1. The molecule has 0 saturated heterocycles. The molecule has 36 heavy (non-hydrogen) atoms. The Morgan fingerprint density at radius 1 is 1.17 bits per heavy atom. The maximum Gasteiger partial charge on any atom is 0.408 e. The molecule has 4 N–H and O–H groups in total. The van der Waals surface area contributed by atoms with Gasteiger partial charge in [-0.25, -0.2) is 4.79 Å². The van der Waals surface area contributed by atoms with E-state index in [1.807, 2.05) is 13.0 Å². The minimum absolute atomic E-state index is 0.117. The van der Waals surface area contributed by atoms with Crippen molar-refractivity contribution in [3.63, 3.8) is 0 Å². The van der Waals surface area contributed by atoms with Crippen LogP contribution in [0.4, 0.5) is 4.79 Å². The van der Waals surface area contributed by atoms with Gasteiger partial charge in [0.05, 0.1) is 13.5 Å². The second-order valence-electron chi connectivity index (χ2n) is 9.21. The minimum atomic E-state index is -1.42. The molecule has 0 fully saturated rings. The van der Waals surface area contributed by atoms with Crippen molar-refractivity contribution in [2.75, 3.05) is 20.2 Å². The summed E-state index contributed by atoms with van der Waals surface area (Å²) >= 11 is 0. The zero-order chi connectivity index (χ0) is 27.6. The van der Waals surface area contributed by atoms with Crippen molar-refractivity contribution in [3.8, 4) is 0 Å². The van der Waals surface area contributed by atoms with Crippen molar-refractivity contribution < 1.29 is 33.4 Å². The number of carbonyl (C=O) groups is 5. The number of benzene rings is 1. The lowest BCUT2D eigenvalue weighted by Gasteiger charge is -2.34. The summed E-state index contributed by atoms with van der Waals surface area (Å²) in [6.07, 6.45) is -0.0646. The van der Waals surface area contributed by atoms with Gasteiger partial charge in [0, 0.05) is 6.54 Å². The van der Waals surface area contributed by atoms with Gasteiger partial charge in [0.2, 0.25) is 17.7 Å². The topological polar surface area (TPSA) is 157 Å². The average molecular weight is 505 g/mol. The summed E-state index contributed by atoms with van der Waals surface area (Å²) in [5, 5.41) is 4.85. The number of ether oxygens (including phenoxy) is 2. The second kappa shape index (κ2) is 13.3. The minimum Gasteiger partial charge on any atom is -0.468 e. The smallest absolute Gasteiger partial charge is 0.408 e. The highest BCUT2D eigenvalue weighted by molar-refractivity contribution is 5.95. The van der Waals surface area contributed by atoms with Crippen molar-refractivity contribution in [3.05, 3.63) is 47.5 Å². The molecule has 11 nitrogen and oxygen atoms in total. The van der Waals surface area contributed by atoms with E-state index in [1.54, 1.807) is 39.8 Å². The summed E-state index contributed by atoms with van der Waals surface area (Å²) in [7, 11) is 1.18. The van der Waals surface area contributed by atoms with Gasteiger partial charge in [0.15, 0.2) is 0 Å². The molecule has 2 atom stereocenters. The van der Waals surface area contributed by atoms with E-state index in [-0.39, 0.29) is 6.54 Å². The van der Waals surface area contributed by atoms with Gasteiger partial charge in [-0.15, -0.1) is 6.58 Å². The Balaban J connectivity index is 3.51. The van der Waals surface area contributed by atoms with E-state index in [1.165, 1.54) is 13.2 Å². The fourth-order valence-electron chi connectivity index (χ4n) is 3.42. The summed E-state index contributed by atoms with van der Waals surface area (Å²) < 4.78 is 9.80. The monoisotopic (exact) mass is 504 g/mol. The SMILES string of the molecule is C=CCN(C(=O)C(CC(N)=O)NC(=O)OC(C)(C)C)C(C(=O)NCC(=O)OC)c1ccc(C)cc1C. The van der Waals surface area contributed by atoms with E-state index < -0.39 is 60.4 Å². The third-order valence-corrected chi connectivity index (χ3v) is 4.92. The Morgan fingerprint density at radius 3 is 2.31 bits per heavy atom. The Kier molecular flexibility index (Phi) is 11.1. The molecule has 1 rings (SSSR count). The van der Waals surface area contributed by atoms with Crippen LogP contribution in [0.25, 0.3) is 0 Å². The zero-order valence-corrected chi connectivity index (χ0v) is 21.7. The first-order chi connectivity index (χ1) is 16.7. The van der Waals surface area contributed by atoms with Gasteiger partial charge in [-0.2, -0.15) is 0 Å². The first-order valence-corrected chi connectivity index (χ1v) is 11.3. The van der Waals surface area contributed by atoms with Crippen molar-refractivity contribution in [2.45, 2.75) is 58.7 Å². The third-order valence-electron chi connectivity index (χ3n) is 4.92. The molecule has 0 aromatic heterocycles. The molecule has 11 heteroatoms. The Bertz CT molecular complexity index is 1000. The lowest BCUT2D eigenvalue weighted by atomic mass is 9.96. The standard InChI is InChI=1S/C25H36N4O7/c1-8-11-29(23(33)18(13-19(26)30)28-24(34)36-25(4,5)6)21(22(32)27-14-20(31)35-7)17-10-9-15(2)12-16(17)3/h8-10,12,18,21H,1,11,13-14H2,2-7H3,(H2,26,30)(H,27,32)(H,28,34).